The Labute approximate surface area is 195 Å². The standard InChI is InChI=1S/C25H26FN3O5/c1-4-25(33)17-8-20-22-15(10-29(20)23(31)16(17)11-34-24(25)32)21(13(3)27-5-6-30)14-7-12(2)18(26)9-19(14)28-22/h7-9,13,27,30,33H,4-6,10-11H2,1-3H3/t13-,25+/m1/s1. The SMILES string of the molecule is CC[C@@]1(O)C(=O)OCc2c1cc1n(c2=O)Cc2c-1nc1cc(F)c(C)cc1c2[C@@H](C)NCCO. The van der Waals surface area contributed by atoms with E-state index in [1.807, 2.05) is 6.92 Å². The van der Waals surface area contributed by atoms with Crippen molar-refractivity contribution in [2.24, 2.45) is 0 Å². The summed E-state index contributed by atoms with van der Waals surface area (Å²) in [7, 11) is 0. The molecule has 0 unspecified atom stereocenters. The zero-order valence-electron chi connectivity index (χ0n) is 19.2. The third-order valence-electron chi connectivity index (χ3n) is 7.01. The molecule has 2 aliphatic rings. The summed E-state index contributed by atoms with van der Waals surface area (Å²) in [5.74, 6) is -1.16. The van der Waals surface area contributed by atoms with Crippen LogP contribution in [0.5, 0.6) is 0 Å². The Bertz CT molecular complexity index is 1420. The second kappa shape index (κ2) is 7.97. The number of fused-ring (bicyclic) bond motifs is 5. The van der Waals surface area contributed by atoms with Crippen LogP contribution in [0.1, 0.15) is 54.1 Å². The minimum absolute atomic E-state index is 0.0424. The maximum atomic E-state index is 14.5. The van der Waals surface area contributed by atoms with Crippen molar-refractivity contribution in [3.8, 4) is 11.4 Å². The van der Waals surface area contributed by atoms with Crippen LogP contribution in [-0.2, 0) is 28.3 Å². The van der Waals surface area contributed by atoms with E-state index in [0.717, 1.165) is 16.5 Å². The van der Waals surface area contributed by atoms with Crippen molar-refractivity contribution in [2.75, 3.05) is 13.2 Å². The zero-order chi connectivity index (χ0) is 24.4. The van der Waals surface area contributed by atoms with E-state index < -0.39 is 11.6 Å². The molecule has 8 nitrogen and oxygen atoms in total. The van der Waals surface area contributed by atoms with E-state index in [9.17, 15) is 24.2 Å². The average Bonchev–Trinajstić information content (AvgIpc) is 3.18. The van der Waals surface area contributed by atoms with Crippen LogP contribution in [0.3, 0.4) is 0 Å². The lowest BCUT2D eigenvalue weighted by Crippen LogP contribution is -2.44. The van der Waals surface area contributed by atoms with Gasteiger partial charge in [-0.25, -0.2) is 14.2 Å². The summed E-state index contributed by atoms with van der Waals surface area (Å²) in [6, 6.07) is 4.56. The smallest absolute Gasteiger partial charge is 0.343 e. The fraction of sp³-hybridized carbons (Fsp3) is 0.400. The van der Waals surface area contributed by atoms with Crippen LogP contribution in [0.15, 0.2) is 23.0 Å². The summed E-state index contributed by atoms with van der Waals surface area (Å²) in [6.45, 7) is 5.65. The maximum absolute atomic E-state index is 14.5. The van der Waals surface area contributed by atoms with Gasteiger partial charge in [0, 0.05) is 35.2 Å². The number of ether oxygens (including phenoxy) is 1. The van der Waals surface area contributed by atoms with E-state index in [4.69, 9.17) is 9.72 Å². The van der Waals surface area contributed by atoms with E-state index in [2.05, 4.69) is 5.32 Å². The van der Waals surface area contributed by atoms with Gasteiger partial charge in [0.1, 0.15) is 12.4 Å². The minimum Gasteiger partial charge on any atom is -0.458 e. The number of aryl methyl sites for hydroxylation is 1. The summed E-state index contributed by atoms with van der Waals surface area (Å²) in [5.41, 5.74) is 1.82. The number of esters is 1. The van der Waals surface area contributed by atoms with Gasteiger partial charge in [-0.2, -0.15) is 0 Å². The molecule has 1 aromatic carbocycles. The molecule has 5 rings (SSSR count). The number of pyridine rings is 2. The number of halogens is 1. The average molecular weight is 467 g/mol. The minimum atomic E-state index is -1.91. The summed E-state index contributed by atoms with van der Waals surface area (Å²) in [4.78, 5) is 30.6. The van der Waals surface area contributed by atoms with Gasteiger partial charge in [-0.1, -0.05) is 6.92 Å². The van der Waals surface area contributed by atoms with Crippen LogP contribution in [0.25, 0.3) is 22.3 Å². The molecule has 2 aromatic heterocycles. The molecule has 2 atom stereocenters. The Morgan fingerprint density at radius 1 is 1.29 bits per heavy atom. The summed E-state index contributed by atoms with van der Waals surface area (Å²) < 4.78 is 21.2. The highest BCUT2D eigenvalue weighted by molar-refractivity contribution is 5.90. The van der Waals surface area contributed by atoms with Crippen molar-refractivity contribution >= 4 is 16.9 Å². The van der Waals surface area contributed by atoms with Gasteiger partial charge < -0.3 is 24.8 Å². The van der Waals surface area contributed by atoms with E-state index >= 15 is 0 Å². The number of nitrogens with zero attached hydrogens (tertiary/aromatic N) is 2. The first kappa shape index (κ1) is 22.6. The molecule has 34 heavy (non-hydrogen) atoms. The number of nitrogens with one attached hydrogen (secondary N) is 1. The van der Waals surface area contributed by atoms with Crippen molar-refractivity contribution in [2.45, 2.75) is 52.0 Å². The lowest BCUT2D eigenvalue weighted by molar-refractivity contribution is -0.172. The molecule has 178 valence electrons. The molecule has 0 amide bonds. The maximum Gasteiger partial charge on any atom is 0.343 e. The molecule has 0 saturated heterocycles. The van der Waals surface area contributed by atoms with Crippen LogP contribution in [0.4, 0.5) is 4.39 Å². The van der Waals surface area contributed by atoms with E-state index in [0.29, 0.717) is 29.0 Å². The van der Waals surface area contributed by atoms with Gasteiger partial charge in [0.25, 0.3) is 5.56 Å². The van der Waals surface area contributed by atoms with Crippen molar-refractivity contribution < 1.29 is 24.1 Å². The highest BCUT2D eigenvalue weighted by Crippen LogP contribution is 2.41. The first-order valence-corrected chi connectivity index (χ1v) is 11.3. The molecule has 0 spiro atoms. The monoisotopic (exact) mass is 467 g/mol. The Hall–Kier alpha value is -3.14. The second-order valence-corrected chi connectivity index (χ2v) is 8.97. The van der Waals surface area contributed by atoms with Crippen molar-refractivity contribution in [3.05, 3.63) is 62.2 Å². The van der Waals surface area contributed by atoms with Gasteiger partial charge in [0.2, 0.25) is 0 Å². The molecular formula is C25H26FN3O5. The Balaban J connectivity index is 1.81. The van der Waals surface area contributed by atoms with Crippen LogP contribution in [0, 0.1) is 12.7 Å². The lowest BCUT2D eigenvalue weighted by atomic mass is 9.86. The molecule has 0 radical (unpaired) electrons. The van der Waals surface area contributed by atoms with Crippen molar-refractivity contribution in [1.29, 1.82) is 0 Å². The quantitative estimate of drug-likeness (QED) is 0.386. The first-order valence-electron chi connectivity index (χ1n) is 11.3. The Morgan fingerprint density at radius 3 is 2.76 bits per heavy atom. The summed E-state index contributed by atoms with van der Waals surface area (Å²) >= 11 is 0. The highest BCUT2D eigenvalue weighted by atomic mass is 19.1. The number of carbonyl (C=O) groups is 1. The molecule has 0 fully saturated rings. The topological polar surface area (TPSA) is 114 Å². The third kappa shape index (κ3) is 3.11. The third-order valence-corrected chi connectivity index (χ3v) is 7.01. The van der Waals surface area contributed by atoms with Crippen LogP contribution in [-0.4, -0.2) is 38.9 Å². The van der Waals surface area contributed by atoms with E-state index in [-0.39, 0.29) is 54.7 Å². The van der Waals surface area contributed by atoms with Crippen LogP contribution >= 0.6 is 0 Å². The number of hydrogen-bond acceptors (Lipinski definition) is 7. The molecule has 3 aromatic rings. The molecule has 0 bridgehead atoms. The van der Waals surface area contributed by atoms with Crippen molar-refractivity contribution in [1.82, 2.24) is 14.9 Å². The number of cyclic esters (lactones) is 1. The largest absolute Gasteiger partial charge is 0.458 e. The van der Waals surface area contributed by atoms with Gasteiger partial charge in [0.15, 0.2) is 5.60 Å². The van der Waals surface area contributed by atoms with Gasteiger partial charge >= 0.3 is 5.97 Å². The van der Waals surface area contributed by atoms with Crippen LogP contribution in [0.2, 0.25) is 0 Å². The fourth-order valence-corrected chi connectivity index (χ4v) is 5.12. The predicted octanol–water partition coefficient (Wildman–Crippen LogP) is 2.17. The zero-order valence-corrected chi connectivity index (χ0v) is 19.2. The molecule has 4 heterocycles. The van der Waals surface area contributed by atoms with Gasteiger partial charge in [-0.3, -0.25) is 4.79 Å². The van der Waals surface area contributed by atoms with Gasteiger partial charge in [-0.15, -0.1) is 0 Å². The number of benzene rings is 1. The summed E-state index contributed by atoms with van der Waals surface area (Å²) in [5, 5.41) is 24.4. The first-order chi connectivity index (χ1) is 16.2. The highest BCUT2D eigenvalue weighted by Gasteiger charge is 2.45. The number of aliphatic hydroxyl groups is 2. The normalized spacial score (nSPS) is 19.5. The lowest BCUT2D eigenvalue weighted by Gasteiger charge is -2.31. The number of carbonyl (C=O) groups excluding carboxylic acids is 1. The number of aromatic nitrogens is 2. The van der Waals surface area contributed by atoms with E-state index in [1.54, 1.807) is 30.5 Å². The molecule has 2 aliphatic heterocycles. The predicted molar refractivity (Wildman–Crippen MR) is 123 cm³/mol. The second-order valence-electron chi connectivity index (χ2n) is 8.97. The number of aliphatic hydroxyl groups excluding tert-OH is 1. The molecular weight excluding hydrogens is 441 g/mol. The number of rotatable bonds is 5. The summed E-state index contributed by atoms with van der Waals surface area (Å²) in [6.07, 6.45) is 0.0532. The molecule has 0 saturated carbocycles. The van der Waals surface area contributed by atoms with Gasteiger partial charge in [0.05, 0.1) is 35.6 Å². The van der Waals surface area contributed by atoms with Crippen LogP contribution < -0.4 is 10.9 Å². The molecule has 0 aliphatic carbocycles. The Morgan fingerprint density at radius 2 is 2.06 bits per heavy atom. The molecule has 9 heteroatoms. The Kier molecular flexibility index (Phi) is 5.31. The van der Waals surface area contributed by atoms with E-state index in [1.165, 1.54) is 6.07 Å². The van der Waals surface area contributed by atoms with Gasteiger partial charge in [-0.05, 0) is 43.5 Å². The fourth-order valence-electron chi connectivity index (χ4n) is 5.12. The number of hydrogen-bond donors (Lipinski definition) is 3. The van der Waals surface area contributed by atoms with Crippen molar-refractivity contribution in [3.63, 3.8) is 0 Å². The molecule has 3 N–H and O–H groups in total.